The third-order valence-corrected chi connectivity index (χ3v) is 3.78. The molecule has 1 aromatic rings. The molecule has 6 nitrogen and oxygen atoms in total. The van der Waals surface area contributed by atoms with Gasteiger partial charge in [0.15, 0.2) is 0 Å². The zero-order valence-electron chi connectivity index (χ0n) is 15.2. The highest BCUT2D eigenvalue weighted by Gasteiger charge is 2.06. The van der Waals surface area contributed by atoms with Crippen LogP contribution >= 0.6 is 11.3 Å². The quantitative estimate of drug-likeness (QED) is 0.499. The predicted molar refractivity (Wildman–Crippen MR) is 99.3 cm³/mol. The number of carbonyl (C=O) groups excluding carboxylic acids is 1. The van der Waals surface area contributed by atoms with E-state index in [1.54, 1.807) is 6.20 Å². The number of aliphatic hydroxyl groups excluding tert-OH is 1. The van der Waals surface area contributed by atoms with Crippen LogP contribution in [0.4, 0.5) is 0 Å². The monoisotopic (exact) mass is 359 g/mol. The minimum absolute atomic E-state index is 0.170. The highest BCUT2D eigenvalue weighted by atomic mass is 32.1. The van der Waals surface area contributed by atoms with Gasteiger partial charge in [-0.1, -0.05) is 57.8 Å². The molecule has 1 amide bonds. The molecule has 0 aliphatic carbocycles. The molecule has 0 fully saturated rings. The Labute approximate surface area is 149 Å². The van der Waals surface area contributed by atoms with Crippen molar-refractivity contribution in [2.45, 2.75) is 71.4 Å². The van der Waals surface area contributed by atoms with Crippen molar-refractivity contribution in [3.05, 3.63) is 11.6 Å². The molecule has 0 bridgehead atoms. The maximum absolute atomic E-state index is 10.3. The molecule has 140 valence electrons. The molecule has 1 rings (SSSR count). The minimum Gasteiger partial charge on any atom is -0.467 e. The summed E-state index contributed by atoms with van der Waals surface area (Å²) in [6.45, 7) is 7.08. The maximum atomic E-state index is 10.3. The number of ether oxygens (including phenoxy) is 1. The fourth-order valence-corrected chi connectivity index (χ4v) is 2.28. The third-order valence-electron chi connectivity index (χ3n) is 3.10. The van der Waals surface area contributed by atoms with Gasteiger partial charge < -0.3 is 20.9 Å². The van der Waals surface area contributed by atoms with Gasteiger partial charge in [0.25, 0.3) is 5.19 Å². The van der Waals surface area contributed by atoms with Gasteiger partial charge in [0.1, 0.15) is 12.7 Å². The zero-order chi connectivity index (χ0) is 18.2. The van der Waals surface area contributed by atoms with Crippen molar-refractivity contribution < 1.29 is 14.6 Å². The number of hydrogen-bond acceptors (Lipinski definition) is 6. The first-order chi connectivity index (χ1) is 11.5. The molecule has 0 aromatic carbocycles. The second-order valence-corrected chi connectivity index (χ2v) is 6.81. The standard InChI is InChI=1S/C9H16N2O2S.C8H17NO/c1-7(2)11-5-8(12)6-13-9-10-3-4-14-9;1-2-3-4-5-6-7-8(9)10/h3-4,7-8,11-12H,5-6H2,1-2H3;2-7H2,1H3,(H2,9,10). The van der Waals surface area contributed by atoms with Crippen LogP contribution in [0.25, 0.3) is 0 Å². The van der Waals surface area contributed by atoms with Crippen molar-refractivity contribution in [3.63, 3.8) is 0 Å². The molecule has 1 heterocycles. The zero-order valence-corrected chi connectivity index (χ0v) is 16.0. The highest BCUT2D eigenvalue weighted by Crippen LogP contribution is 2.13. The maximum Gasteiger partial charge on any atom is 0.273 e. The summed E-state index contributed by atoms with van der Waals surface area (Å²) in [5.74, 6) is -0.170. The molecule has 1 atom stereocenters. The minimum atomic E-state index is -0.485. The summed E-state index contributed by atoms with van der Waals surface area (Å²) in [5, 5.41) is 15.1. The van der Waals surface area contributed by atoms with Gasteiger partial charge in [-0.3, -0.25) is 4.79 Å². The molecule has 1 aromatic heterocycles. The van der Waals surface area contributed by atoms with Crippen LogP contribution in [0.15, 0.2) is 11.6 Å². The van der Waals surface area contributed by atoms with E-state index in [1.807, 2.05) is 19.2 Å². The van der Waals surface area contributed by atoms with Crippen LogP contribution in [0.1, 0.15) is 59.3 Å². The van der Waals surface area contributed by atoms with Crippen molar-refractivity contribution in [1.29, 1.82) is 0 Å². The van der Waals surface area contributed by atoms with Gasteiger partial charge in [-0.05, 0) is 6.42 Å². The molecule has 0 spiro atoms. The fourth-order valence-electron chi connectivity index (χ4n) is 1.78. The molecule has 0 aliphatic rings. The number of nitrogens with one attached hydrogen (secondary N) is 1. The van der Waals surface area contributed by atoms with Crippen molar-refractivity contribution in [3.8, 4) is 5.19 Å². The summed E-state index contributed by atoms with van der Waals surface area (Å²) in [4.78, 5) is 14.2. The number of amides is 1. The first-order valence-corrected chi connectivity index (χ1v) is 9.55. The lowest BCUT2D eigenvalue weighted by Gasteiger charge is -2.13. The van der Waals surface area contributed by atoms with Gasteiger partial charge in [0, 0.05) is 30.6 Å². The molecule has 0 saturated carbocycles. The van der Waals surface area contributed by atoms with E-state index in [2.05, 4.69) is 17.2 Å². The fraction of sp³-hybridized carbons (Fsp3) is 0.765. The Morgan fingerprint density at radius 2 is 2.08 bits per heavy atom. The summed E-state index contributed by atoms with van der Waals surface area (Å²) in [6, 6.07) is 0.379. The Morgan fingerprint density at radius 3 is 2.62 bits per heavy atom. The van der Waals surface area contributed by atoms with Crippen LogP contribution in [-0.2, 0) is 4.79 Å². The van der Waals surface area contributed by atoms with E-state index >= 15 is 0 Å². The summed E-state index contributed by atoms with van der Waals surface area (Å²) in [6.07, 6.45) is 7.63. The van der Waals surface area contributed by atoms with Crippen LogP contribution < -0.4 is 15.8 Å². The molecular weight excluding hydrogens is 326 g/mol. The van der Waals surface area contributed by atoms with Crippen molar-refractivity contribution in [2.75, 3.05) is 13.2 Å². The molecule has 4 N–H and O–H groups in total. The number of aliphatic hydroxyl groups is 1. The second kappa shape index (κ2) is 15.4. The Bertz CT molecular complexity index is 400. The average molecular weight is 360 g/mol. The van der Waals surface area contributed by atoms with Gasteiger partial charge in [0.2, 0.25) is 5.91 Å². The molecule has 0 aliphatic heterocycles. The molecular formula is C17H33N3O3S. The Morgan fingerprint density at radius 1 is 1.38 bits per heavy atom. The second-order valence-electron chi connectivity index (χ2n) is 5.96. The first-order valence-electron chi connectivity index (χ1n) is 8.67. The van der Waals surface area contributed by atoms with E-state index in [9.17, 15) is 9.90 Å². The third kappa shape index (κ3) is 15.7. The summed E-state index contributed by atoms with van der Waals surface area (Å²) in [5.41, 5.74) is 4.97. The highest BCUT2D eigenvalue weighted by molar-refractivity contribution is 7.11. The van der Waals surface area contributed by atoms with Gasteiger partial charge in [-0.2, -0.15) is 0 Å². The number of primary amides is 1. The SMILES string of the molecule is CC(C)NCC(O)COc1nccs1.CCCCCCCC(N)=O. The Balaban J connectivity index is 0.000000470. The lowest BCUT2D eigenvalue weighted by Crippen LogP contribution is -2.35. The number of carbonyl (C=O) groups is 1. The van der Waals surface area contributed by atoms with Crippen LogP contribution in [0.3, 0.4) is 0 Å². The number of nitrogens with zero attached hydrogens (tertiary/aromatic N) is 1. The van der Waals surface area contributed by atoms with E-state index in [4.69, 9.17) is 10.5 Å². The number of thiazole rings is 1. The largest absolute Gasteiger partial charge is 0.467 e. The summed E-state index contributed by atoms with van der Waals surface area (Å²) in [7, 11) is 0. The van der Waals surface area contributed by atoms with Crippen LogP contribution in [-0.4, -0.2) is 41.3 Å². The topological polar surface area (TPSA) is 97.5 Å². The smallest absolute Gasteiger partial charge is 0.273 e. The van der Waals surface area contributed by atoms with Crippen LogP contribution in [0.5, 0.6) is 5.19 Å². The summed E-state index contributed by atoms with van der Waals surface area (Å²) >= 11 is 1.42. The molecule has 0 radical (unpaired) electrons. The van der Waals surface area contributed by atoms with E-state index in [-0.39, 0.29) is 12.5 Å². The van der Waals surface area contributed by atoms with Crippen LogP contribution in [0, 0.1) is 0 Å². The molecule has 1 unspecified atom stereocenters. The van der Waals surface area contributed by atoms with E-state index in [0.717, 1.165) is 12.8 Å². The van der Waals surface area contributed by atoms with Crippen molar-refractivity contribution >= 4 is 17.2 Å². The molecule has 24 heavy (non-hydrogen) atoms. The average Bonchev–Trinajstić information content (AvgIpc) is 3.04. The number of hydrogen-bond donors (Lipinski definition) is 3. The first kappa shape index (κ1) is 22.8. The van der Waals surface area contributed by atoms with Gasteiger partial charge in [0.05, 0.1) is 0 Å². The van der Waals surface area contributed by atoms with Gasteiger partial charge in [-0.15, -0.1) is 0 Å². The van der Waals surface area contributed by atoms with Gasteiger partial charge >= 0.3 is 0 Å². The lowest BCUT2D eigenvalue weighted by atomic mass is 10.1. The van der Waals surface area contributed by atoms with E-state index in [1.165, 1.54) is 30.6 Å². The van der Waals surface area contributed by atoms with E-state index < -0.39 is 6.10 Å². The lowest BCUT2D eigenvalue weighted by molar-refractivity contribution is -0.118. The molecule has 7 heteroatoms. The van der Waals surface area contributed by atoms with Crippen molar-refractivity contribution in [2.24, 2.45) is 5.73 Å². The summed E-state index contributed by atoms with van der Waals surface area (Å²) < 4.78 is 5.26. The normalized spacial score (nSPS) is 11.7. The Hall–Kier alpha value is -1.18. The number of unbranched alkanes of at least 4 members (excludes halogenated alkanes) is 4. The Kier molecular flexibility index (Phi) is 14.6. The number of rotatable bonds is 12. The van der Waals surface area contributed by atoms with Gasteiger partial charge in [-0.25, -0.2) is 4.98 Å². The van der Waals surface area contributed by atoms with Crippen LogP contribution in [0.2, 0.25) is 0 Å². The van der Waals surface area contributed by atoms with E-state index in [0.29, 0.717) is 24.2 Å². The van der Waals surface area contributed by atoms with Crippen molar-refractivity contribution in [1.82, 2.24) is 10.3 Å². The number of nitrogens with two attached hydrogens (primary N) is 1. The number of aromatic nitrogens is 1. The predicted octanol–water partition coefficient (Wildman–Crippen LogP) is 2.71. The molecule has 0 saturated heterocycles.